The molecule has 1 atom stereocenters. The van der Waals surface area contributed by atoms with E-state index >= 15 is 0 Å². The van der Waals surface area contributed by atoms with Gasteiger partial charge in [0.15, 0.2) is 15.6 Å². The normalized spacial score (nSPS) is 14.6. The fourth-order valence-corrected chi connectivity index (χ4v) is 0.627. The molecule has 5 heteroatoms. The van der Waals surface area contributed by atoms with Gasteiger partial charge in [-0.1, -0.05) is 20.8 Å². The first-order valence-corrected chi connectivity index (χ1v) is 7.42. The van der Waals surface area contributed by atoms with Gasteiger partial charge >= 0.3 is 0 Å². The molecule has 0 rings (SSSR count). The van der Waals surface area contributed by atoms with E-state index in [0.29, 0.717) is 0 Å². The Hall–Kier alpha value is -0.420. The summed E-state index contributed by atoms with van der Waals surface area (Å²) in [5, 5.41) is 8.81. The lowest BCUT2D eigenvalue weighted by atomic mass is 9.88. The third-order valence-corrected chi connectivity index (χ3v) is 4.46. The maximum Gasteiger partial charge on any atom is 0.166 e. The van der Waals surface area contributed by atoms with Crippen LogP contribution in [0.4, 0.5) is 0 Å². The minimum atomic E-state index is -2.84. The van der Waals surface area contributed by atoms with Crippen molar-refractivity contribution < 1.29 is 18.3 Å². The number of carbonyl (C=O) groups is 1. The van der Waals surface area contributed by atoms with Crippen LogP contribution in [0.5, 0.6) is 0 Å². The van der Waals surface area contributed by atoms with Crippen molar-refractivity contribution >= 4 is 15.6 Å². The Kier molecular flexibility index (Phi) is 6.63. The van der Waals surface area contributed by atoms with E-state index < -0.39 is 26.1 Å². The van der Waals surface area contributed by atoms with Crippen LogP contribution in [0.2, 0.25) is 0 Å². The van der Waals surface area contributed by atoms with E-state index in [0.717, 1.165) is 0 Å². The number of Topliss-reactive ketones (excluding diaryl/α,β-unsaturated/α-hetero) is 1. The quantitative estimate of drug-likeness (QED) is 0.785. The third-order valence-electron chi connectivity index (χ3n) is 2.23. The van der Waals surface area contributed by atoms with E-state index in [2.05, 4.69) is 0 Å². The second-order valence-corrected chi connectivity index (χ2v) is 8.94. The predicted octanol–water partition coefficient (Wildman–Crippen LogP) is 1.81. The van der Waals surface area contributed by atoms with Crippen LogP contribution in [-0.4, -0.2) is 36.4 Å². The molecule has 0 fully saturated rings. The number of aliphatic hydroxyl groups is 1. The number of rotatable bonds is 1. The maximum atomic E-state index is 10.9. The van der Waals surface area contributed by atoms with E-state index in [9.17, 15) is 13.2 Å². The van der Waals surface area contributed by atoms with Crippen molar-refractivity contribution in [2.24, 2.45) is 5.41 Å². The van der Waals surface area contributed by atoms with E-state index in [-0.39, 0.29) is 5.78 Å². The molecule has 0 saturated carbocycles. The standard InChI is InChI=1S/C7H14O2.C5H12O2S/c1-5(8)6(9)7(2,3)4;1-5(2,3)8(4,6)7/h5,8H,1-4H3;1-4H3. The number of ketones is 1. The Balaban J connectivity index is 0. The van der Waals surface area contributed by atoms with Crippen LogP contribution in [0.3, 0.4) is 0 Å². The van der Waals surface area contributed by atoms with Gasteiger partial charge in [0, 0.05) is 11.7 Å². The van der Waals surface area contributed by atoms with Crippen molar-refractivity contribution in [3.63, 3.8) is 0 Å². The van der Waals surface area contributed by atoms with Crippen molar-refractivity contribution in [2.75, 3.05) is 6.26 Å². The summed E-state index contributed by atoms with van der Waals surface area (Å²) in [5.74, 6) is -0.109. The summed E-state index contributed by atoms with van der Waals surface area (Å²) in [6.45, 7) is 11.9. The van der Waals surface area contributed by atoms with Crippen LogP contribution in [0.25, 0.3) is 0 Å². The summed E-state index contributed by atoms with van der Waals surface area (Å²) in [6.07, 6.45) is 0.414. The van der Waals surface area contributed by atoms with Gasteiger partial charge in [0.1, 0.15) is 6.10 Å². The van der Waals surface area contributed by atoms with Crippen molar-refractivity contribution in [1.29, 1.82) is 0 Å². The molecule has 0 spiro atoms. The molecule has 0 heterocycles. The first-order chi connectivity index (χ1) is 7.10. The minimum Gasteiger partial charge on any atom is -0.386 e. The highest BCUT2D eigenvalue weighted by Crippen LogP contribution is 2.16. The fourth-order valence-electron chi connectivity index (χ4n) is 0.627. The van der Waals surface area contributed by atoms with Gasteiger partial charge in [0.05, 0.1) is 4.75 Å². The zero-order valence-electron chi connectivity index (χ0n) is 12.2. The monoisotopic (exact) mass is 266 g/mol. The Morgan fingerprint density at radius 2 is 1.29 bits per heavy atom. The molecule has 0 aromatic carbocycles. The number of sulfone groups is 1. The highest BCUT2D eigenvalue weighted by atomic mass is 32.2. The van der Waals surface area contributed by atoms with Crippen LogP contribution in [0.1, 0.15) is 48.5 Å². The summed E-state index contributed by atoms with van der Waals surface area (Å²) in [7, 11) is -2.84. The van der Waals surface area contributed by atoms with E-state index in [1.54, 1.807) is 41.5 Å². The minimum absolute atomic E-state index is 0.109. The van der Waals surface area contributed by atoms with Crippen molar-refractivity contribution in [3.05, 3.63) is 0 Å². The molecule has 1 unspecified atom stereocenters. The highest BCUT2D eigenvalue weighted by Gasteiger charge is 2.24. The van der Waals surface area contributed by atoms with Gasteiger partial charge < -0.3 is 5.11 Å². The summed E-state index contributed by atoms with van der Waals surface area (Å²) in [5.41, 5.74) is -0.409. The summed E-state index contributed by atoms with van der Waals surface area (Å²) < 4.78 is 20.7. The Bertz CT molecular complexity index is 340. The average molecular weight is 266 g/mol. The molecule has 4 nitrogen and oxygen atoms in total. The van der Waals surface area contributed by atoms with Gasteiger partial charge in [-0.2, -0.15) is 0 Å². The Morgan fingerprint density at radius 1 is 1.06 bits per heavy atom. The topological polar surface area (TPSA) is 71.4 Å². The van der Waals surface area contributed by atoms with Gasteiger partial charge in [-0.15, -0.1) is 0 Å². The van der Waals surface area contributed by atoms with Gasteiger partial charge in [0.25, 0.3) is 0 Å². The van der Waals surface area contributed by atoms with Crippen LogP contribution < -0.4 is 0 Å². The molecule has 104 valence electrons. The van der Waals surface area contributed by atoms with Crippen LogP contribution in [0.15, 0.2) is 0 Å². The average Bonchev–Trinajstić information content (AvgIpc) is 1.98. The summed E-state index contributed by atoms with van der Waals surface area (Å²) >= 11 is 0. The summed E-state index contributed by atoms with van der Waals surface area (Å²) in [4.78, 5) is 10.9. The molecule has 0 aliphatic carbocycles. The molecule has 0 aromatic rings. The van der Waals surface area contributed by atoms with Gasteiger partial charge in [-0.05, 0) is 27.7 Å². The van der Waals surface area contributed by atoms with Gasteiger partial charge in [-0.25, -0.2) is 8.42 Å². The fraction of sp³-hybridized carbons (Fsp3) is 0.917. The number of hydrogen-bond acceptors (Lipinski definition) is 4. The number of carbonyl (C=O) groups excluding carboxylic acids is 1. The zero-order chi connectivity index (χ0) is 14.7. The lowest BCUT2D eigenvalue weighted by Gasteiger charge is -2.17. The van der Waals surface area contributed by atoms with Gasteiger partial charge in [0.2, 0.25) is 0 Å². The molecule has 0 bridgehead atoms. The molecule has 0 aliphatic rings. The Morgan fingerprint density at radius 3 is 1.29 bits per heavy atom. The third kappa shape index (κ3) is 8.32. The first kappa shape index (κ1) is 18.9. The lowest BCUT2D eigenvalue weighted by molar-refractivity contribution is -0.133. The second kappa shape index (κ2) is 5.96. The van der Waals surface area contributed by atoms with Crippen molar-refractivity contribution in [2.45, 2.75) is 59.3 Å². The molecule has 0 radical (unpaired) electrons. The van der Waals surface area contributed by atoms with Crippen molar-refractivity contribution in [1.82, 2.24) is 0 Å². The van der Waals surface area contributed by atoms with E-state index in [1.807, 2.05) is 0 Å². The highest BCUT2D eigenvalue weighted by molar-refractivity contribution is 7.92. The molecular formula is C12H26O4S. The molecule has 0 aliphatic heterocycles. The van der Waals surface area contributed by atoms with E-state index in [4.69, 9.17) is 5.11 Å². The van der Waals surface area contributed by atoms with Crippen LogP contribution >= 0.6 is 0 Å². The van der Waals surface area contributed by atoms with Crippen LogP contribution in [0, 0.1) is 5.41 Å². The zero-order valence-corrected chi connectivity index (χ0v) is 13.0. The molecule has 0 amide bonds. The maximum absolute atomic E-state index is 10.9. The smallest absolute Gasteiger partial charge is 0.166 e. The Labute approximate surface area is 105 Å². The van der Waals surface area contributed by atoms with Crippen LogP contribution in [-0.2, 0) is 14.6 Å². The number of aliphatic hydroxyl groups excluding tert-OH is 1. The first-order valence-electron chi connectivity index (χ1n) is 5.52. The largest absolute Gasteiger partial charge is 0.386 e. The number of hydrogen-bond donors (Lipinski definition) is 1. The summed E-state index contributed by atoms with van der Waals surface area (Å²) in [6, 6.07) is 0. The van der Waals surface area contributed by atoms with Crippen molar-refractivity contribution in [3.8, 4) is 0 Å². The van der Waals surface area contributed by atoms with E-state index in [1.165, 1.54) is 13.2 Å². The SMILES string of the molecule is CC(C)(C)S(C)(=O)=O.CC(O)C(=O)C(C)(C)C. The second-order valence-electron chi connectivity index (χ2n) is 6.17. The molecule has 0 aromatic heterocycles. The van der Waals surface area contributed by atoms with Gasteiger partial charge in [-0.3, -0.25) is 4.79 Å². The predicted molar refractivity (Wildman–Crippen MR) is 70.7 cm³/mol. The molecule has 0 saturated heterocycles. The molecule has 1 N–H and O–H groups in total. The molecule has 17 heavy (non-hydrogen) atoms. The molecular weight excluding hydrogens is 240 g/mol. The lowest BCUT2D eigenvalue weighted by Crippen LogP contribution is -2.29.